The smallest absolute Gasteiger partial charge is 0.240 e. The number of hydrogen-bond donors (Lipinski definition) is 1. The predicted molar refractivity (Wildman–Crippen MR) is 161 cm³/mol. The highest BCUT2D eigenvalue weighted by Crippen LogP contribution is 2.47. The number of nitrogens with zero attached hydrogens (tertiary/aromatic N) is 6. The van der Waals surface area contributed by atoms with Gasteiger partial charge in [-0.15, -0.1) is 0 Å². The zero-order valence-electron chi connectivity index (χ0n) is 24.8. The Balaban J connectivity index is 1.13. The van der Waals surface area contributed by atoms with E-state index in [1.54, 1.807) is 6.33 Å². The standard InChI is InChI=1S/C32H44ClN7O2/c1-23-36-30(42-38-23)25-9-13-28(14-10-25)37-29(19-24-7-11-27(33)12-8-24)31(41)39-17-15-32(16-18-39,20-40-22-34-21-35-40)26-5-3-2-4-6-26/h7-8,11-12,21-22,25-26,28-29,37H,2-6,9-10,13-20H2,1H3/t25?,28?,29-/m1/s1. The summed E-state index contributed by atoms with van der Waals surface area (Å²) in [5.74, 6) is 2.65. The summed E-state index contributed by atoms with van der Waals surface area (Å²) in [7, 11) is 0. The Morgan fingerprint density at radius 2 is 1.81 bits per heavy atom. The Hall–Kier alpha value is -2.78. The lowest BCUT2D eigenvalue weighted by molar-refractivity contribution is -0.137. The number of nitrogens with one attached hydrogen (secondary N) is 1. The molecule has 2 saturated carbocycles. The van der Waals surface area contributed by atoms with E-state index < -0.39 is 0 Å². The minimum Gasteiger partial charge on any atom is -0.341 e. The zero-order chi connectivity index (χ0) is 28.9. The van der Waals surface area contributed by atoms with Gasteiger partial charge in [-0.25, -0.2) is 4.98 Å². The molecule has 226 valence electrons. The average Bonchev–Trinajstić information content (AvgIpc) is 3.70. The van der Waals surface area contributed by atoms with Crippen molar-refractivity contribution in [3.05, 3.63) is 59.2 Å². The van der Waals surface area contributed by atoms with Crippen molar-refractivity contribution in [1.82, 2.24) is 35.1 Å². The number of rotatable bonds is 9. The number of piperidine rings is 1. The maximum atomic E-state index is 14.2. The molecule has 2 aliphatic carbocycles. The van der Waals surface area contributed by atoms with E-state index in [0.717, 1.165) is 69.6 Å². The summed E-state index contributed by atoms with van der Waals surface area (Å²) in [5.41, 5.74) is 1.30. The summed E-state index contributed by atoms with van der Waals surface area (Å²) in [6.07, 6.45) is 16.7. The molecule has 0 unspecified atom stereocenters. The monoisotopic (exact) mass is 593 g/mol. The van der Waals surface area contributed by atoms with Crippen molar-refractivity contribution in [2.24, 2.45) is 11.3 Å². The van der Waals surface area contributed by atoms with Crippen molar-refractivity contribution < 1.29 is 9.32 Å². The van der Waals surface area contributed by atoms with Crippen LogP contribution in [-0.4, -0.2) is 60.9 Å². The summed E-state index contributed by atoms with van der Waals surface area (Å²) in [6, 6.07) is 7.93. The van der Waals surface area contributed by atoms with E-state index in [2.05, 4.69) is 30.4 Å². The fourth-order valence-electron chi connectivity index (χ4n) is 7.78. The van der Waals surface area contributed by atoms with E-state index in [9.17, 15) is 4.79 Å². The van der Waals surface area contributed by atoms with Crippen LogP contribution in [0.3, 0.4) is 0 Å². The number of halogens is 1. The zero-order valence-corrected chi connectivity index (χ0v) is 25.5. The van der Waals surface area contributed by atoms with Gasteiger partial charge in [-0.3, -0.25) is 9.48 Å². The first-order chi connectivity index (χ1) is 20.5. The Labute approximate surface area is 253 Å². The number of likely N-dealkylation sites (tertiary alicyclic amines) is 1. The van der Waals surface area contributed by atoms with Gasteiger partial charge in [0.1, 0.15) is 12.7 Å². The van der Waals surface area contributed by atoms with E-state index in [1.807, 2.05) is 42.2 Å². The number of amides is 1. The van der Waals surface area contributed by atoms with Gasteiger partial charge in [0.05, 0.1) is 6.04 Å². The Morgan fingerprint density at radius 3 is 2.45 bits per heavy atom. The predicted octanol–water partition coefficient (Wildman–Crippen LogP) is 5.74. The molecule has 1 aromatic carbocycles. The molecule has 9 nitrogen and oxygen atoms in total. The second kappa shape index (κ2) is 13.2. The average molecular weight is 594 g/mol. The van der Waals surface area contributed by atoms with Crippen LogP contribution >= 0.6 is 11.6 Å². The van der Waals surface area contributed by atoms with E-state index in [0.29, 0.717) is 29.1 Å². The molecule has 0 bridgehead atoms. The Morgan fingerprint density at radius 1 is 1.07 bits per heavy atom. The number of aromatic nitrogens is 5. The van der Waals surface area contributed by atoms with Gasteiger partial charge in [0, 0.05) is 36.6 Å². The first-order valence-electron chi connectivity index (χ1n) is 15.9. The minimum atomic E-state index is -0.268. The highest BCUT2D eigenvalue weighted by atomic mass is 35.5. The molecule has 3 fully saturated rings. The van der Waals surface area contributed by atoms with Crippen molar-refractivity contribution in [2.45, 2.75) is 109 Å². The molecule has 0 radical (unpaired) electrons. The van der Waals surface area contributed by atoms with Crippen molar-refractivity contribution in [3.63, 3.8) is 0 Å². The third-order valence-electron chi connectivity index (χ3n) is 10.2. The molecular formula is C32H44ClN7O2. The lowest BCUT2D eigenvalue weighted by Crippen LogP contribution is -2.55. The van der Waals surface area contributed by atoms with Crippen LogP contribution in [-0.2, 0) is 17.8 Å². The molecule has 3 heterocycles. The second-order valence-corrected chi connectivity index (χ2v) is 13.3. The summed E-state index contributed by atoms with van der Waals surface area (Å²) in [4.78, 5) is 25.0. The molecule has 1 saturated heterocycles. The van der Waals surface area contributed by atoms with Gasteiger partial charge < -0.3 is 14.7 Å². The SMILES string of the molecule is Cc1noc(C2CCC(N[C@H](Cc3ccc(Cl)cc3)C(=O)N3CCC(Cn4cncn4)(C4CCCCC4)CC3)CC2)n1. The van der Waals surface area contributed by atoms with Gasteiger partial charge in [0.2, 0.25) is 11.8 Å². The second-order valence-electron chi connectivity index (χ2n) is 12.9. The fourth-order valence-corrected chi connectivity index (χ4v) is 7.91. The molecule has 1 atom stereocenters. The van der Waals surface area contributed by atoms with Crippen LogP contribution in [0, 0.1) is 18.3 Å². The molecule has 0 spiro atoms. The molecule has 6 rings (SSSR count). The van der Waals surface area contributed by atoms with Gasteiger partial charge in [0.25, 0.3) is 0 Å². The number of carbonyl (C=O) groups excluding carboxylic acids is 1. The quantitative estimate of drug-likeness (QED) is 0.337. The normalized spacial score (nSPS) is 24.0. The molecule has 1 N–H and O–H groups in total. The van der Waals surface area contributed by atoms with Crippen LogP contribution in [0.5, 0.6) is 0 Å². The first kappa shape index (κ1) is 29.3. The largest absolute Gasteiger partial charge is 0.341 e. The highest BCUT2D eigenvalue weighted by Gasteiger charge is 2.44. The van der Waals surface area contributed by atoms with E-state index in [-0.39, 0.29) is 23.4 Å². The molecule has 3 aliphatic rings. The van der Waals surface area contributed by atoms with Crippen LogP contribution in [0.1, 0.15) is 93.8 Å². The van der Waals surface area contributed by atoms with Crippen molar-refractivity contribution >= 4 is 17.5 Å². The van der Waals surface area contributed by atoms with Gasteiger partial charge >= 0.3 is 0 Å². The van der Waals surface area contributed by atoms with E-state index in [4.69, 9.17) is 16.1 Å². The van der Waals surface area contributed by atoms with Crippen LogP contribution < -0.4 is 5.32 Å². The van der Waals surface area contributed by atoms with Crippen LogP contribution in [0.4, 0.5) is 0 Å². The maximum Gasteiger partial charge on any atom is 0.240 e. The number of benzene rings is 1. The maximum absolute atomic E-state index is 14.2. The van der Waals surface area contributed by atoms with Crippen LogP contribution in [0.25, 0.3) is 0 Å². The van der Waals surface area contributed by atoms with Gasteiger partial charge in [0.15, 0.2) is 5.82 Å². The van der Waals surface area contributed by atoms with Gasteiger partial charge in [-0.05, 0) is 93.7 Å². The first-order valence-corrected chi connectivity index (χ1v) is 16.3. The number of hydrogen-bond acceptors (Lipinski definition) is 7. The third-order valence-corrected chi connectivity index (χ3v) is 10.4. The van der Waals surface area contributed by atoms with Crippen molar-refractivity contribution in [1.29, 1.82) is 0 Å². The van der Waals surface area contributed by atoms with Gasteiger partial charge in [-0.1, -0.05) is 48.2 Å². The molecule has 1 amide bonds. The molecule has 42 heavy (non-hydrogen) atoms. The summed E-state index contributed by atoms with van der Waals surface area (Å²) in [6.45, 7) is 4.36. The summed E-state index contributed by atoms with van der Waals surface area (Å²) in [5, 5.41) is 13.0. The number of carbonyl (C=O) groups is 1. The highest BCUT2D eigenvalue weighted by molar-refractivity contribution is 6.30. The van der Waals surface area contributed by atoms with Crippen molar-refractivity contribution in [2.75, 3.05) is 13.1 Å². The molecule has 1 aliphatic heterocycles. The molecule has 10 heteroatoms. The molecular weight excluding hydrogens is 550 g/mol. The molecule has 2 aromatic heterocycles. The Kier molecular flexibility index (Phi) is 9.24. The summed E-state index contributed by atoms with van der Waals surface area (Å²) >= 11 is 6.18. The lowest BCUT2D eigenvalue weighted by atomic mass is 9.63. The Bertz CT molecular complexity index is 1270. The van der Waals surface area contributed by atoms with Gasteiger partial charge in [-0.2, -0.15) is 10.1 Å². The number of aryl methyl sites for hydroxylation is 1. The van der Waals surface area contributed by atoms with E-state index >= 15 is 0 Å². The topological polar surface area (TPSA) is 102 Å². The lowest BCUT2D eigenvalue weighted by Gasteiger charge is -2.48. The van der Waals surface area contributed by atoms with Crippen LogP contribution in [0.15, 0.2) is 41.4 Å². The molecule has 3 aromatic rings. The van der Waals surface area contributed by atoms with E-state index in [1.165, 1.54) is 32.1 Å². The van der Waals surface area contributed by atoms with Crippen molar-refractivity contribution in [3.8, 4) is 0 Å². The van der Waals surface area contributed by atoms with Crippen LogP contribution in [0.2, 0.25) is 5.02 Å². The fraction of sp³-hybridized carbons (Fsp3) is 0.656. The summed E-state index contributed by atoms with van der Waals surface area (Å²) < 4.78 is 7.47. The minimum absolute atomic E-state index is 0.176. The third kappa shape index (κ3) is 6.88.